The average Bonchev–Trinajstić information content (AvgIpc) is 2.68. The molecule has 1 aromatic heterocycles. The molecule has 0 radical (unpaired) electrons. The van der Waals surface area contributed by atoms with Gasteiger partial charge in [0, 0.05) is 28.8 Å². The number of hydrogen-bond donors (Lipinski definition) is 1. The van der Waals surface area contributed by atoms with Gasteiger partial charge in [0.05, 0.1) is 15.5 Å². The van der Waals surface area contributed by atoms with Crippen molar-refractivity contribution < 1.29 is 4.92 Å². The Balaban J connectivity index is 0.00000225. The summed E-state index contributed by atoms with van der Waals surface area (Å²) in [4.78, 5) is 19.8. The first-order valence-corrected chi connectivity index (χ1v) is 8.53. The van der Waals surface area contributed by atoms with Gasteiger partial charge in [-0.3, -0.25) is 10.1 Å². The van der Waals surface area contributed by atoms with Crippen LogP contribution in [0.25, 0.3) is 22.3 Å². The Bertz CT molecular complexity index is 1170. The summed E-state index contributed by atoms with van der Waals surface area (Å²) in [5.74, 6) is 1.03. The summed E-state index contributed by atoms with van der Waals surface area (Å²) in [6, 6.07) is 21.2. The van der Waals surface area contributed by atoms with E-state index in [4.69, 9.17) is 11.6 Å². The molecule has 0 amide bonds. The molecule has 0 saturated carbocycles. The van der Waals surface area contributed by atoms with Crippen molar-refractivity contribution in [2.45, 2.75) is 0 Å². The van der Waals surface area contributed by atoms with Gasteiger partial charge in [0.1, 0.15) is 5.82 Å². The van der Waals surface area contributed by atoms with Crippen molar-refractivity contribution in [3.8, 4) is 11.4 Å². The maximum absolute atomic E-state index is 11.0. The van der Waals surface area contributed by atoms with Gasteiger partial charge in [-0.15, -0.1) is 12.4 Å². The summed E-state index contributed by atoms with van der Waals surface area (Å²) in [6.07, 6.45) is 0. The summed E-state index contributed by atoms with van der Waals surface area (Å²) < 4.78 is 0. The van der Waals surface area contributed by atoms with Crippen LogP contribution in [0.2, 0.25) is 5.02 Å². The minimum absolute atomic E-state index is 0. The van der Waals surface area contributed by atoms with E-state index in [1.165, 1.54) is 12.1 Å². The average molecular weight is 413 g/mol. The molecule has 4 rings (SSSR count). The Morgan fingerprint density at radius 3 is 2.46 bits per heavy atom. The van der Waals surface area contributed by atoms with Crippen molar-refractivity contribution in [2.24, 2.45) is 0 Å². The molecule has 0 fully saturated rings. The van der Waals surface area contributed by atoms with Crippen molar-refractivity contribution in [1.29, 1.82) is 0 Å². The quantitative estimate of drug-likeness (QED) is 0.327. The third-order valence-electron chi connectivity index (χ3n) is 4.04. The first kappa shape index (κ1) is 19.5. The number of aromatic nitrogens is 2. The Kier molecular flexibility index (Phi) is 5.73. The predicted octanol–water partition coefficient (Wildman–Crippen LogP) is 6.02. The van der Waals surface area contributed by atoms with Gasteiger partial charge in [-0.1, -0.05) is 41.9 Å². The first-order chi connectivity index (χ1) is 13.1. The van der Waals surface area contributed by atoms with Gasteiger partial charge in [0.2, 0.25) is 0 Å². The summed E-state index contributed by atoms with van der Waals surface area (Å²) in [6.45, 7) is 0. The molecule has 0 aliphatic heterocycles. The predicted molar refractivity (Wildman–Crippen MR) is 114 cm³/mol. The van der Waals surface area contributed by atoms with E-state index in [9.17, 15) is 10.1 Å². The van der Waals surface area contributed by atoms with Crippen LogP contribution >= 0.6 is 24.0 Å². The lowest BCUT2D eigenvalue weighted by Crippen LogP contribution is -2.00. The third kappa shape index (κ3) is 3.88. The number of halogens is 2. The van der Waals surface area contributed by atoms with Crippen LogP contribution in [0, 0.1) is 10.1 Å². The van der Waals surface area contributed by atoms with Crippen LogP contribution < -0.4 is 5.32 Å². The van der Waals surface area contributed by atoms with Gasteiger partial charge in [0.25, 0.3) is 5.69 Å². The van der Waals surface area contributed by atoms with Gasteiger partial charge >= 0.3 is 0 Å². The van der Waals surface area contributed by atoms with E-state index in [2.05, 4.69) is 15.3 Å². The van der Waals surface area contributed by atoms with Gasteiger partial charge in [-0.25, -0.2) is 9.97 Å². The molecule has 3 aromatic carbocycles. The lowest BCUT2D eigenvalue weighted by molar-refractivity contribution is -0.384. The SMILES string of the molecule is Cl.O=[N+]([O-])c1cccc(Nc2nc(-c3ccccc3Cl)nc3ccccc23)c1. The molecule has 8 heteroatoms. The van der Waals surface area contributed by atoms with E-state index in [0.29, 0.717) is 27.9 Å². The largest absolute Gasteiger partial charge is 0.339 e. The van der Waals surface area contributed by atoms with E-state index in [-0.39, 0.29) is 18.1 Å². The molecule has 4 aromatic rings. The van der Waals surface area contributed by atoms with Crippen molar-refractivity contribution in [3.63, 3.8) is 0 Å². The number of rotatable bonds is 4. The second-order valence-corrected chi connectivity index (χ2v) is 6.23. The fourth-order valence-electron chi connectivity index (χ4n) is 2.77. The smallest absolute Gasteiger partial charge is 0.271 e. The Morgan fingerprint density at radius 2 is 1.68 bits per heavy atom. The highest BCUT2D eigenvalue weighted by atomic mass is 35.5. The molecule has 1 N–H and O–H groups in total. The molecular weight excluding hydrogens is 399 g/mol. The highest BCUT2D eigenvalue weighted by Gasteiger charge is 2.13. The van der Waals surface area contributed by atoms with Crippen molar-refractivity contribution in [3.05, 3.63) is 87.9 Å². The molecule has 140 valence electrons. The number of nitrogens with zero attached hydrogens (tertiary/aromatic N) is 3. The summed E-state index contributed by atoms with van der Waals surface area (Å²) >= 11 is 6.30. The van der Waals surface area contributed by atoms with Crippen LogP contribution in [0.3, 0.4) is 0 Å². The zero-order chi connectivity index (χ0) is 18.8. The van der Waals surface area contributed by atoms with E-state index < -0.39 is 4.92 Å². The number of benzene rings is 3. The second kappa shape index (κ2) is 8.21. The van der Waals surface area contributed by atoms with E-state index in [1.807, 2.05) is 42.5 Å². The summed E-state index contributed by atoms with van der Waals surface area (Å²) in [5, 5.41) is 15.6. The van der Waals surface area contributed by atoms with Crippen LogP contribution in [-0.4, -0.2) is 14.9 Å². The highest BCUT2D eigenvalue weighted by molar-refractivity contribution is 6.33. The Morgan fingerprint density at radius 1 is 0.929 bits per heavy atom. The molecule has 0 aliphatic carbocycles. The minimum atomic E-state index is -0.432. The number of nitro benzene ring substituents is 1. The Hall–Kier alpha value is -3.22. The normalized spacial score (nSPS) is 10.3. The van der Waals surface area contributed by atoms with Gasteiger partial charge in [-0.2, -0.15) is 0 Å². The highest BCUT2D eigenvalue weighted by Crippen LogP contribution is 2.31. The van der Waals surface area contributed by atoms with Gasteiger partial charge < -0.3 is 5.32 Å². The van der Waals surface area contributed by atoms with Gasteiger partial charge in [0.15, 0.2) is 5.82 Å². The van der Waals surface area contributed by atoms with Gasteiger partial charge in [-0.05, 0) is 30.3 Å². The first-order valence-electron chi connectivity index (χ1n) is 8.15. The minimum Gasteiger partial charge on any atom is -0.339 e. The maximum Gasteiger partial charge on any atom is 0.271 e. The van der Waals surface area contributed by atoms with E-state index in [1.54, 1.807) is 18.2 Å². The number of anilines is 2. The molecular formula is C20H14Cl2N4O2. The van der Waals surface area contributed by atoms with Crippen molar-refractivity contribution >= 4 is 52.1 Å². The lowest BCUT2D eigenvalue weighted by atomic mass is 10.1. The number of non-ortho nitro benzene ring substituents is 1. The maximum atomic E-state index is 11.0. The van der Waals surface area contributed by atoms with Crippen molar-refractivity contribution in [1.82, 2.24) is 9.97 Å². The molecule has 28 heavy (non-hydrogen) atoms. The summed E-state index contributed by atoms with van der Waals surface area (Å²) in [5.41, 5.74) is 2.03. The molecule has 1 heterocycles. The summed E-state index contributed by atoms with van der Waals surface area (Å²) in [7, 11) is 0. The second-order valence-electron chi connectivity index (χ2n) is 5.83. The zero-order valence-corrected chi connectivity index (χ0v) is 15.9. The van der Waals surface area contributed by atoms with Crippen molar-refractivity contribution in [2.75, 3.05) is 5.32 Å². The standard InChI is InChI=1S/C20H13ClN4O2.ClH/c21-17-10-3-1-8-15(17)19-23-18-11-4-2-9-16(18)20(24-19)22-13-6-5-7-14(12-13)25(26)27;/h1-12H,(H,22,23,24);1H. The third-order valence-corrected chi connectivity index (χ3v) is 4.37. The number of nitrogens with one attached hydrogen (secondary N) is 1. The van der Waals surface area contributed by atoms with Crippen LogP contribution in [0.5, 0.6) is 0 Å². The molecule has 0 aliphatic rings. The molecule has 0 saturated heterocycles. The molecule has 6 nitrogen and oxygen atoms in total. The number of para-hydroxylation sites is 1. The number of fused-ring (bicyclic) bond motifs is 1. The van der Waals surface area contributed by atoms with Crippen LogP contribution in [-0.2, 0) is 0 Å². The molecule has 0 atom stereocenters. The van der Waals surface area contributed by atoms with E-state index in [0.717, 1.165) is 10.9 Å². The topological polar surface area (TPSA) is 81.0 Å². The monoisotopic (exact) mass is 412 g/mol. The van der Waals surface area contributed by atoms with Crippen LogP contribution in [0.15, 0.2) is 72.8 Å². The number of nitro groups is 1. The lowest BCUT2D eigenvalue weighted by Gasteiger charge is -2.11. The van der Waals surface area contributed by atoms with Crippen LogP contribution in [0.1, 0.15) is 0 Å². The molecule has 0 spiro atoms. The van der Waals surface area contributed by atoms with E-state index >= 15 is 0 Å². The fourth-order valence-corrected chi connectivity index (χ4v) is 2.99. The Labute approximate surface area is 171 Å². The zero-order valence-electron chi connectivity index (χ0n) is 14.4. The molecule has 0 unspecified atom stereocenters. The van der Waals surface area contributed by atoms with Crippen LogP contribution in [0.4, 0.5) is 17.2 Å². The molecule has 0 bridgehead atoms. The fraction of sp³-hybridized carbons (Fsp3) is 0. The number of hydrogen-bond acceptors (Lipinski definition) is 5.